The number of carbonyl (C=O) groups excluding carboxylic acids is 2. The number of benzene rings is 1. The van der Waals surface area contributed by atoms with Crippen LogP contribution >= 0.6 is 11.8 Å². The van der Waals surface area contributed by atoms with E-state index in [9.17, 15) is 14.0 Å². The lowest BCUT2D eigenvalue weighted by atomic mass is 10.2. The highest BCUT2D eigenvalue weighted by molar-refractivity contribution is 7.99. The number of rotatable bonds is 9. The minimum atomic E-state index is -0.583. The molecule has 0 radical (unpaired) electrons. The number of unbranched alkanes of at least 4 members (excludes halogenated alkanes) is 1. The number of hydrogen-bond donors (Lipinski definition) is 0. The fourth-order valence-corrected chi connectivity index (χ4v) is 3.63. The van der Waals surface area contributed by atoms with Gasteiger partial charge in [-0.1, -0.05) is 11.8 Å². The molecule has 0 spiro atoms. The highest BCUT2D eigenvalue weighted by atomic mass is 32.2. The quantitative estimate of drug-likeness (QED) is 0.348. The Kier molecular flexibility index (Phi) is 7.86. The summed E-state index contributed by atoms with van der Waals surface area (Å²) in [5.41, 5.74) is 0.596. The summed E-state index contributed by atoms with van der Waals surface area (Å²) in [6.45, 7) is 7.61. The molecular formula is C20H27FN2O4S. The summed E-state index contributed by atoms with van der Waals surface area (Å²) in [7, 11) is 0. The molecule has 0 bridgehead atoms. The van der Waals surface area contributed by atoms with Gasteiger partial charge in [-0.25, -0.2) is 9.37 Å². The molecule has 0 unspecified atom stereocenters. The first-order valence-corrected chi connectivity index (χ1v) is 10.3. The predicted octanol–water partition coefficient (Wildman–Crippen LogP) is 4.34. The van der Waals surface area contributed by atoms with Gasteiger partial charge in [-0.2, -0.15) is 0 Å². The molecule has 0 atom stereocenters. The maximum absolute atomic E-state index is 13.6. The van der Waals surface area contributed by atoms with Crippen molar-refractivity contribution in [2.24, 2.45) is 0 Å². The molecule has 2 rings (SSSR count). The molecule has 0 fully saturated rings. The SMILES string of the molecule is CCOC(=O)CCCCSc1nc2cc(F)ccc2n1CC(=O)OC(C)(C)C. The van der Waals surface area contributed by atoms with Gasteiger partial charge in [0.05, 0.1) is 17.6 Å². The van der Waals surface area contributed by atoms with Gasteiger partial charge >= 0.3 is 11.9 Å². The van der Waals surface area contributed by atoms with Crippen LogP contribution in [0, 0.1) is 5.82 Å². The van der Waals surface area contributed by atoms with Gasteiger partial charge in [-0.3, -0.25) is 9.59 Å². The number of ether oxygens (including phenoxy) is 2. The van der Waals surface area contributed by atoms with E-state index in [2.05, 4.69) is 4.98 Å². The zero-order valence-corrected chi connectivity index (χ0v) is 17.6. The van der Waals surface area contributed by atoms with Crippen molar-refractivity contribution < 1.29 is 23.5 Å². The first kappa shape index (κ1) is 22.2. The number of esters is 2. The van der Waals surface area contributed by atoms with E-state index in [1.54, 1.807) is 17.6 Å². The lowest BCUT2D eigenvalue weighted by Gasteiger charge is -2.20. The molecule has 0 aliphatic rings. The smallest absolute Gasteiger partial charge is 0.326 e. The van der Waals surface area contributed by atoms with E-state index in [4.69, 9.17) is 9.47 Å². The molecular weight excluding hydrogens is 383 g/mol. The van der Waals surface area contributed by atoms with E-state index in [0.29, 0.717) is 35.6 Å². The second-order valence-electron chi connectivity index (χ2n) is 7.31. The Hall–Kier alpha value is -2.09. The number of hydrogen-bond acceptors (Lipinski definition) is 6. The first-order valence-electron chi connectivity index (χ1n) is 9.35. The monoisotopic (exact) mass is 410 g/mol. The number of nitrogens with zero attached hydrogens (tertiary/aromatic N) is 2. The molecule has 2 aromatic rings. The van der Waals surface area contributed by atoms with Crippen molar-refractivity contribution in [1.82, 2.24) is 9.55 Å². The Morgan fingerprint density at radius 3 is 2.64 bits per heavy atom. The molecule has 1 aromatic heterocycles. The molecule has 0 saturated heterocycles. The molecule has 0 amide bonds. The topological polar surface area (TPSA) is 70.4 Å². The fraction of sp³-hybridized carbons (Fsp3) is 0.550. The van der Waals surface area contributed by atoms with Gasteiger partial charge in [-0.05, 0) is 52.7 Å². The largest absolute Gasteiger partial charge is 0.466 e. The molecule has 28 heavy (non-hydrogen) atoms. The molecule has 6 nitrogen and oxygen atoms in total. The van der Waals surface area contributed by atoms with Gasteiger partial charge in [-0.15, -0.1) is 0 Å². The van der Waals surface area contributed by atoms with Gasteiger partial charge in [0.2, 0.25) is 0 Å². The average molecular weight is 411 g/mol. The summed E-state index contributed by atoms with van der Waals surface area (Å²) in [6, 6.07) is 4.32. The van der Waals surface area contributed by atoms with Crippen molar-refractivity contribution in [1.29, 1.82) is 0 Å². The van der Waals surface area contributed by atoms with Crippen LogP contribution in [0.4, 0.5) is 4.39 Å². The van der Waals surface area contributed by atoms with Crippen molar-refractivity contribution in [3.05, 3.63) is 24.0 Å². The van der Waals surface area contributed by atoms with Gasteiger partial charge in [0.15, 0.2) is 5.16 Å². The Morgan fingerprint density at radius 1 is 1.21 bits per heavy atom. The summed E-state index contributed by atoms with van der Waals surface area (Å²) >= 11 is 1.47. The number of halogens is 1. The molecule has 154 valence electrons. The average Bonchev–Trinajstić information content (AvgIpc) is 2.89. The number of thioether (sulfide) groups is 1. The van der Waals surface area contributed by atoms with E-state index in [1.807, 2.05) is 20.8 Å². The molecule has 0 N–H and O–H groups in total. The Morgan fingerprint density at radius 2 is 1.96 bits per heavy atom. The lowest BCUT2D eigenvalue weighted by Crippen LogP contribution is -2.26. The van der Waals surface area contributed by atoms with Crippen molar-refractivity contribution in [3.63, 3.8) is 0 Å². The third-order valence-electron chi connectivity index (χ3n) is 3.69. The number of fused-ring (bicyclic) bond motifs is 1. The molecule has 8 heteroatoms. The summed E-state index contributed by atoms with van der Waals surface area (Å²) in [5, 5.41) is 0.627. The zero-order chi connectivity index (χ0) is 20.7. The molecule has 1 heterocycles. The highest BCUT2D eigenvalue weighted by Crippen LogP contribution is 2.26. The van der Waals surface area contributed by atoms with E-state index >= 15 is 0 Å². The maximum Gasteiger partial charge on any atom is 0.326 e. The van der Waals surface area contributed by atoms with Crippen LogP contribution in [0.5, 0.6) is 0 Å². The van der Waals surface area contributed by atoms with Gasteiger partial charge in [0.1, 0.15) is 18.0 Å². The molecule has 0 aliphatic carbocycles. The van der Waals surface area contributed by atoms with Crippen LogP contribution in [0.1, 0.15) is 47.0 Å². The van der Waals surface area contributed by atoms with Crippen molar-refractivity contribution in [3.8, 4) is 0 Å². The first-order chi connectivity index (χ1) is 13.2. The van der Waals surface area contributed by atoms with Gasteiger partial charge in [0.25, 0.3) is 0 Å². The summed E-state index contributed by atoms with van der Waals surface area (Å²) in [4.78, 5) is 28.2. The normalized spacial score (nSPS) is 11.6. The van der Waals surface area contributed by atoms with Crippen LogP contribution < -0.4 is 0 Å². The zero-order valence-electron chi connectivity index (χ0n) is 16.8. The molecule has 0 saturated carbocycles. The maximum atomic E-state index is 13.6. The molecule has 0 aliphatic heterocycles. The predicted molar refractivity (Wildman–Crippen MR) is 107 cm³/mol. The van der Waals surface area contributed by atoms with Crippen LogP contribution in [-0.4, -0.2) is 39.5 Å². The summed E-state index contributed by atoms with van der Waals surface area (Å²) in [5.74, 6) is -0.222. The Bertz CT molecular complexity index is 829. The third kappa shape index (κ3) is 6.82. The summed E-state index contributed by atoms with van der Waals surface area (Å²) in [6.07, 6.45) is 1.90. The minimum Gasteiger partial charge on any atom is -0.466 e. The lowest BCUT2D eigenvalue weighted by molar-refractivity contribution is -0.155. The van der Waals surface area contributed by atoms with Crippen LogP contribution in [0.2, 0.25) is 0 Å². The fourth-order valence-electron chi connectivity index (χ4n) is 2.61. The number of aromatic nitrogens is 2. The van der Waals surface area contributed by atoms with Crippen LogP contribution in [-0.2, 0) is 25.6 Å². The van der Waals surface area contributed by atoms with Gasteiger partial charge in [0, 0.05) is 18.2 Å². The Balaban J connectivity index is 2.06. The van der Waals surface area contributed by atoms with Crippen LogP contribution in [0.3, 0.4) is 0 Å². The second-order valence-corrected chi connectivity index (χ2v) is 8.37. The number of imidazole rings is 1. The van der Waals surface area contributed by atoms with Crippen molar-refractivity contribution in [2.75, 3.05) is 12.4 Å². The van der Waals surface area contributed by atoms with Crippen molar-refractivity contribution >= 4 is 34.7 Å². The molecule has 1 aromatic carbocycles. The van der Waals surface area contributed by atoms with Gasteiger partial charge < -0.3 is 14.0 Å². The third-order valence-corrected chi connectivity index (χ3v) is 4.76. The number of carbonyl (C=O) groups is 2. The van der Waals surface area contributed by atoms with E-state index in [1.165, 1.54) is 23.9 Å². The standard InChI is InChI=1S/C20H27FN2O4S/c1-5-26-17(24)8-6-7-11-28-19-22-15-12-14(21)9-10-16(15)23(19)13-18(25)27-20(2,3)4/h9-10,12H,5-8,11,13H2,1-4H3. The highest BCUT2D eigenvalue weighted by Gasteiger charge is 2.20. The van der Waals surface area contributed by atoms with Crippen LogP contribution in [0.25, 0.3) is 11.0 Å². The van der Waals surface area contributed by atoms with E-state index in [0.717, 1.165) is 12.2 Å². The summed E-state index contributed by atoms with van der Waals surface area (Å²) < 4.78 is 25.6. The van der Waals surface area contributed by atoms with E-state index < -0.39 is 5.60 Å². The van der Waals surface area contributed by atoms with E-state index in [-0.39, 0.29) is 24.3 Å². The van der Waals surface area contributed by atoms with Crippen LogP contribution in [0.15, 0.2) is 23.4 Å². The Labute approximate surface area is 168 Å². The second kappa shape index (κ2) is 9.91. The van der Waals surface area contributed by atoms with Crippen molar-refractivity contribution in [2.45, 2.75) is 64.3 Å². The minimum absolute atomic E-state index is 0.00453.